The molecule has 0 aromatic heterocycles. The van der Waals surface area contributed by atoms with Gasteiger partial charge in [-0.2, -0.15) is 0 Å². The summed E-state index contributed by atoms with van der Waals surface area (Å²) in [6, 6.07) is 0. The van der Waals surface area contributed by atoms with Gasteiger partial charge in [0.2, 0.25) is 0 Å². The topological polar surface area (TPSA) is 0 Å². The molecule has 0 nitrogen and oxygen atoms in total. The lowest BCUT2D eigenvalue weighted by Gasteiger charge is -2.53. The number of hydrogen-bond donors (Lipinski definition) is 0. The van der Waals surface area contributed by atoms with Crippen molar-refractivity contribution >= 4 is 0 Å². The summed E-state index contributed by atoms with van der Waals surface area (Å²) >= 11 is 0. The summed E-state index contributed by atoms with van der Waals surface area (Å²) in [4.78, 5) is 0. The normalized spacial score (nSPS) is 44.1. The summed E-state index contributed by atoms with van der Waals surface area (Å²) in [5, 5.41) is 0. The van der Waals surface area contributed by atoms with Gasteiger partial charge < -0.3 is 0 Å². The summed E-state index contributed by atoms with van der Waals surface area (Å²) in [6.07, 6.45) is 10.4. The van der Waals surface area contributed by atoms with Gasteiger partial charge in [0.05, 0.1) is 0 Å². The fourth-order valence-electron chi connectivity index (χ4n) is 4.16. The molecule has 76 valence electrons. The largest absolute Gasteiger partial charge is 0.0596 e. The van der Waals surface area contributed by atoms with Crippen LogP contribution in [0.4, 0.5) is 0 Å². The first-order valence-corrected chi connectivity index (χ1v) is 6.05. The van der Waals surface area contributed by atoms with Gasteiger partial charge in [-0.25, -0.2) is 0 Å². The first-order chi connectivity index (χ1) is 6.05. The summed E-state index contributed by atoms with van der Waals surface area (Å²) in [7, 11) is 0. The molecule has 2 atom stereocenters. The van der Waals surface area contributed by atoms with Gasteiger partial charge >= 0.3 is 0 Å². The van der Waals surface area contributed by atoms with Crippen LogP contribution in [0.1, 0.15) is 65.7 Å². The van der Waals surface area contributed by atoms with Crippen molar-refractivity contribution in [2.24, 2.45) is 16.7 Å². The van der Waals surface area contributed by atoms with Gasteiger partial charge in [0, 0.05) is 0 Å². The van der Waals surface area contributed by atoms with Gasteiger partial charge in [0.1, 0.15) is 0 Å². The van der Waals surface area contributed by atoms with E-state index in [1.54, 1.807) is 0 Å². The Kier molecular flexibility index (Phi) is 2.20. The van der Waals surface area contributed by atoms with Crippen molar-refractivity contribution in [1.82, 2.24) is 0 Å². The zero-order valence-corrected chi connectivity index (χ0v) is 9.53. The van der Waals surface area contributed by atoms with Crippen LogP contribution in [-0.2, 0) is 0 Å². The van der Waals surface area contributed by atoms with E-state index in [2.05, 4.69) is 20.8 Å². The first kappa shape index (κ1) is 9.55. The second-order valence-electron chi connectivity index (χ2n) is 6.29. The summed E-state index contributed by atoms with van der Waals surface area (Å²) in [5.74, 6) is 1.02. The highest BCUT2D eigenvalue weighted by molar-refractivity contribution is 4.97. The van der Waals surface area contributed by atoms with Gasteiger partial charge in [-0.1, -0.05) is 40.0 Å². The second-order valence-corrected chi connectivity index (χ2v) is 6.29. The summed E-state index contributed by atoms with van der Waals surface area (Å²) < 4.78 is 0. The molecular weight excluding hydrogens is 156 g/mol. The predicted octanol–water partition coefficient (Wildman–Crippen LogP) is 4.39. The first-order valence-electron chi connectivity index (χ1n) is 6.05. The molecule has 13 heavy (non-hydrogen) atoms. The van der Waals surface area contributed by atoms with Gasteiger partial charge in [-0.3, -0.25) is 0 Å². The highest BCUT2D eigenvalue weighted by atomic mass is 14.5. The van der Waals surface area contributed by atoms with Crippen molar-refractivity contribution in [2.75, 3.05) is 0 Å². The van der Waals surface area contributed by atoms with E-state index in [0.29, 0.717) is 10.8 Å². The zero-order chi connectivity index (χ0) is 9.53. The molecule has 0 aliphatic heterocycles. The highest BCUT2D eigenvalue weighted by Crippen LogP contribution is 2.57. The smallest absolute Gasteiger partial charge is 0.0292 e. The Morgan fingerprint density at radius 3 is 2.23 bits per heavy atom. The summed E-state index contributed by atoms with van der Waals surface area (Å²) in [6.45, 7) is 7.55. The Bertz CT molecular complexity index is 188. The zero-order valence-electron chi connectivity index (χ0n) is 9.53. The van der Waals surface area contributed by atoms with E-state index >= 15 is 0 Å². The Balaban J connectivity index is 2.21. The number of rotatable bonds is 0. The predicted molar refractivity (Wildman–Crippen MR) is 57.7 cm³/mol. The van der Waals surface area contributed by atoms with Crippen LogP contribution in [0.5, 0.6) is 0 Å². The molecule has 0 aromatic carbocycles. The van der Waals surface area contributed by atoms with Gasteiger partial charge in [0.15, 0.2) is 0 Å². The lowest BCUT2D eigenvalue weighted by atomic mass is 9.52. The maximum absolute atomic E-state index is 2.55. The Labute approximate surface area is 83.1 Å². The minimum Gasteiger partial charge on any atom is -0.0596 e. The third kappa shape index (κ3) is 1.53. The molecule has 2 fully saturated rings. The van der Waals surface area contributed by atoms with Crippen molar-refractivity contribution in [3.8, 4) is 0 Å². The summed E-state index contributed by atoms with van der Waals surface area (Å²) in [5.41, 5.74) is 1.34. The van der Waals surface area contributed by atoms with Gasteiger partial charge in [-0.15, -0.1) is 0 Å². The van der Waals surface area contributed by atoms with Crippen LogP contribution >= 0.6 is 0 Å². The van der Waals surface area contributed by atoms with E-state index in [0.717, 1.165) is 5.92 Å². The minimum atomic E-state index is 0.632. The van der Waals surface area contributed by atoms with Crippen LogP contribution in [0, 0.1) is 16.7 Å². The molecule has 0 spiro atoms. The maximum Gasteiger partial charge on any atom is -0.0292 e. The highest BCUT2D eigenvalue weighted by Gasteiger charge is 2.46. The molecule has 2 saturated carbocycles. The lowest BCUT2D eigenvalue weighted by molar-refractivity contribution is -0.0314. The average molecular weight is 180 g/mol. The van der Waals surface area contributed by atoms with E-state index < -0.39 is 0 Å². The molecule has 0 amide bonds. The quantitative estimate of drug-likeness (QED) is 0.518. The standard InChI is InChI=1S/C13H24/c1-12(2)8-6-10-13(3)9-5-4-7-11(12)13/h11H,4-10H2,1-3H3. The van der Waals surface area contributed by atoms with Gasteiger partial charge in [-0.05, 0) is 42.4 Å². The van der Waals surface area contributed by atoms with E-state index in [1.165, 1.54) is 44.9 Å². The van der Waals surface area contributed by atoms with Crippen molar-refractivity contribution in [3.05, 3.63) is 0 Å². The monoisotopic (exact) mass is 180 g/mol. The number of hydrogen-bond acceptors (Lipinski definition) is 0. The average Bonchev–Trinajstić information content (AvgIpc) is 2.02. The molecule has 0 bridgehead atoms. The molecule has 0 saturated heterocycles. The van der Waals surface area contributed by atoms with Crippen LogP contribution in [0.2, 0.25) is 0 Å². The van der Waals surface area contributed by atoms with Crippen LogP contribution in [0.25, 0.3) is 0 Å². The molecular formula is C13H24. The Morgan fingerprint density at radius 1 is 0.846 bits per heavy atom. The van der Waals surface area contributed by atoms with Crippen LogP contribution in [-0.4, -0.2) is 0 Å². The molecule has 0 heteroatoms. The Morgan fingerprint density at radius 2 is 1.54 bits per heavy atom. The SMILES string of the molecule is CC1(C)CCCC2(C)CCCCC12. The second kappa shape index (κ2) is 3.00. The fourth-order valence-corrected chi connectivity index (χ4v) is 4.16. The Hall–Kier alpha value is 0. The third-order valence-corrected chi connectivity index (χ3v) is 4.84. The van der Waals surface area contributed by atoms with Crippen molar-refractivity contribution in [2.45, 2.75) is 65.7 Å². The van der Waals surface area contributed by atoms with Crippen LogP contribution < -0.4 is 0 Å². The lowest BCUT2D eigenvalue weighted by Crippen LogP contribution is -2.43. The third-order valence-electron chi connectivity index (χ3n) is 4.84. The fraction of sp³-hybridized carbons (Fsp3) is 1.00. The minimum absolute atomic E-state index is 0.632. The van der Waals surface area contributed by atoms with E-state index in [9.17, 15) is 0 Å². The molecule has 2 rings (SSSR count). The van der Waals surface area contributed by atoms with Crippen molar-refractivity contribution in [1.29, 1.82) is 0 Å². The van der Waals surface area contributed by atoms with Crippen LogP contribution in [0.15, 0.2) is 0 Å². The van der Waals surface area contributed by atoms with E-state index in [1.807, 2.05) is 0 Å². The molecule has 2 aliphatic carbocycles. The molecule has 0 N–H and O–H groups in total. The molecule has 2 unspecified atom stereocenters. The van der Waals surface area contributed by atoms with Crippen molar-refractivity contribution < 1.29 is 0 Å². The van der Waals surface area contributed by atoms with E-state index in [-0.39, 0.29) is 0 Å². The number of fused-ring (bicyclic) bond motifs is 1. The van der Waals surface area contributed by atoms with Crippen molar-refractivity contribution in [3.63, 3.8) is 0 Å². The molecule has 2 aliphatic rings. The van der Waals surface area contributed by atoms with E-state index in [4.69, 9.17) is 0 Å². The van der Waals surface area contributed by atoms with Gasteiger partial charge in [0.25, 0.3) is 0 Å². The molecule has 0 heterocycles. The maximum atomic E-state index is 2.55. The molecule has 0 aromatic rings. The molecule has 0 radical (unpaired) electrons. The van der Waals surface area contributed by atoms with Crippen LogP contribution in [0.3, 0.4) is 0 Å².